The number of aryl methyl sites for hydroxylation is 1. The van der Waals surface area contributed by atoms with Gasteiger partial charge in [-0.05, 0) is 84.6 Å². The van der Waals surface area contributed by atoms with Crippen LogP contribution >= 0.6 is 0 Å². The van der Waals surface area contributed by atoms with Crippen LogP contribution in [0.5, 0.6) is 0 Å². The summed E-state index contributed by atoms with van der Waals surface area (Å²) >= 11 is 0. The van der Waals surface area contributed by atoms with E-state index in [4.69, 9.17) is 0 Å². The minimum atomic E-state index is -0.294. The number of anilines is 1. The minimum Gasteiger partial charge on any atom is -0.349 e. The molecule has 0 bridgehead atoms. The summed E-state index contributed by atoms with van der Waals surface area (Å²) in [5.74, 6) is -0.441. The van der Waals surface area contributed by atoms with E-state index in [1.807, 2.05) is 66.7 Å². The van der Waals surface area contributed by atoms with E-state index in [2.05, 4.69) is 22.1 Å². The van der Waals surface area contributed by atoms with Crippen molar-refractivity contribution in [2.75, 3.05) is 5.32 Å². The number of rotatable bonds is 9. The predicted octanol–water partition coefficient (Wildman–Crippen LogP) is 6.44. The van der Waals surface area contributed by atoms with Crippen molar-refractivity contribution >= 4 is 17.5 Å². The summed E-state index contributed by atoms with van der Waals surface area (Å²) in [5.41, 5.74) is 5.41. The molecule has 0 aliphatic rings. The minimum absolute atomic E-state index is 0.0113. The van der Waals surface area contributed by atoms with Gasteiger partial charge in [-0.2, -0.15) is 0 Å². The van der Waals surface area contributed by atoms with Crippen LogP contribution in [0.15, 0.2) is 91.0 Å². The number of aromatic nitrogens is 1. The third kappa shape index (κ3) is 6.08. The van der Waals surface area contributed by atoms with Gasteiger partial charge >= 0.3 is 0 Å². The highest BCUT2D eigenvalue weighted by Crippen LogP contribution is 2.28. The third-order valence-corrected chi connectivity index (χ3v) is 6.10. The lowest BCUT2D eigenvalue weighted by atomic mass is 10.0. The Kier molecular flexibility index (Phi) is 7.95. The van der Waals surface area contributed by atoms with E-state index in [-0.39, 0.29) is 23.7 Å². The van der Waals surface area contributed by atoms with Gasteiger partial charge in [-0.3, -0.25) is 9.59 Å². The van der Waals surface area contributed by atoms with E-state index >= 15 is 0 Å². The molecule has 3 aromatic carbocycles. The van der Waals surface area contributed by atoms with E-state index in [0.717, 1.165) is 34.6 Å². The molecular weight excluding hydrogens is 453 g/mol. The molecule has 4 aromatic rings. The first-order valence-electron chi connectivity index (χ1n) is 12.1. The first-order chi connectivity index (χ1) is 17.4. The summed E-state index contributed by atoms with van der Waals surface area (Å²) in [6.07, 6.45) is 1.67. The number of hydrogen-bond acceptors (Lipinski definition) is 2. The smallest absolute Gasteiger partial charge is 0.221 e. The van der Waals surface area contributed by atoms with E-state index < -0.39 is 0 Å². The van der Waals surface area contributed by atoms with Crippen LogP contribution in [0, 0.1) is 5.82 Å². The lowest BCUT2D eigenvalue weighted by Gasteiger charge is -2.18. The highest BCUT2D eigenvalue weighted by molar-refractivity contribution is 5.88. The van der Waals surface area contributed by atoms with Gasteiger partial charge < -0.3 is 15.2 Å². The Labute approximate surface area is 211 Å². The number of benzene rings is 3. The molecule has 5 nitrogen and oxygen atoms in total. The zero-order valence-electron chi connectivity index (χ0n) is 20.5. The monoisotopic (exact) mass is 483 g/mol. The summed E-state index contributed by atoms with van der Waals surface area (Å²) in [6, 6.07) is 27.8. The second-order valence-electron chi connectivity index (χ2n) is 8.72. The Morgan fingerprint density at radius 3 is 2.22 bits per heavy atom. The van der Waals surface area contributed by atoms with Crippen molar-refractivity contribution in [3.63, 3.8) is 0 Å². The van der Waals surface area contributed by atoms with Crippen molar-refractivity contribution in [1.29, 1.82) is 0 Å². The van der Waals surface area contributed by atoms with Crippen LogP contribution in [0.2, 0.25) is 0 Å². The molecule has 184 valence electrons. The first kappa shape index (κ1) is 24.9. The Morgan fingerprint density at radius 2 is 1.58 bits per heavy atom. The fraction of sp³-hybridized carbons (Fsp3) is 0.200. The predicted molar refractivity (Wildman–Crippen MR) is 141 cm³/mol. The van der Waals surface area contributed by atoms with Crippen LogP contribution in [0.1, 0.15) is 44.0 Å². The van der Waals surface area contributed by atoms with Crippen LogP contribution in [-0.2, 0) is 16.0 Å². The maximum absolute atomic E-state index is 13.6. The Bertz CT molecular complexity index is 1310. The van der Waals surface area contributed by atoms with Gasteiger partial charge in [0.2, 0.25) is 11.8 Å². The van der Waals surface area contributed by atoms with Crippen molar-refractivity contribution in [2.45, 2.75) is 39.2 Å². The number of nitrogens with zero attached hydrogens (tertiary/aromatic N) is 1. The average molecular weight is 484 g/mol. The molecule has 4 rings (SSSR count). The van der Waals surface area contributed by atoms with Gasteiger partial charge in [0.15, 0.2) is 0 Å². The highest BCUT2D eigenvalue weighted by Gasteiger charge is 2.16. The highest BCUT2D eigenvalue weighted by atomic mass is 19.1. The number of hydrogen-bond donors (Lipinski definition) is 2. The molecule has 0 fully saturated rings. The average Bonchev–Trinajstić information content (AvgIpc) is 3.31. The summed E-state index contributed by atoms with van der Waals surface area (Å²) in [4.78, 5) is 24.3. The third-order valence-electron chi connectivity index (χ3n) is 6.10. The number of amides is 2. The molecule has 0 saturated carbocycles. The van der Waals surface area contributed by atoms with Crippen LogP contribution in [0.3, 0.4) is 0 Å². The molecule has 0 spiro atoms. The number of carbonyl (C=O) groups excluding carboxylic acids is 2. The van der Waals surface area contributed by atoms with Gasteiger partial charge in [-0.1, -0.05) is 37.3 Å². The Morgan fingerprint density at radius 1 is 0.889 bits per heavy atom. The lowest BCUT2D eigenvalue weighted by molar-refractivity contribution is -0.121. The topological polar surface area (TPSA) is 63.1 Å². The maximum Gasteiger partial charge on any atom is 0.221 e. The molecule has 1 atom stereocenters. The second kappa shape index (κ2) is 11.5. The molecule has 0 radical (unpaired) electrons. The van der Waals surface area contributed by atoms with Crippen LogP contribution in [-0.4, -0.2) is 16.4 Å². The van der Waals surface area contributed by atoms with Crippen molar-refractivity contribution in [1.82, 2.24) is 9.88 Å². The molecule has 0 saturated heterocycles. The zero-order valence-corrected chi connectivity index (χ0v) is 20.5. The van der Waals surface area contributed by atoms with Crippen molar-refractivity contribution in [3.8, 4) is 16.9 Å². The van der Waals surface area contributed by atoms with Gasteiger partial charge in [0.05, 0.1) is 11.7 Å². The molecule has 36 heavy (non-hydrogen) atoms. The SMILES string of the molecule is CC[C@H](NC(=O)CCc1ccc(-c2ccc(F)cc2)n1-c1ccc(NC(C)=O)cc1)c1ccccc1. The summed E-state index contributed by atoms with van der Waals surface area (Å²) in [7, 11) is 0. The van der Waals surface area contributed by atoms with Crippen LogP contribution in [0.25, 0.3) is 16.9 Å². The molecule has 0 unspecified atom stereocenters. The van der Waals surface area contributed by atoms with Crippen LogP contribution < -0.4 is 10.6 Å². The normalized spacial score (nSPS) is 11.6. The fourth-order valence-corrected chi connectivity index (χ4v) is 4.34. The standard InChI is InChI=1S/C30H30FN3O2/c1-3-28(22-7-5-4-6-8-22)33-30(36)20-18-27-17-19-29(23-9-11-24(31)12-10-23)34(27)26-15-13-25(14-16-26)32-21(2)35/h4-17,19,28H,3,18,20H2,1-2H3,(H,32,35)(H,33,36)/t28-/m0/s1. The van der Waals surface area contributed by atoms with E-state index in [1.54, 1.807) is 12.1 Å². The quantitative estimate of drug-likeness (QED) is 0.288. The van der Waals surface area contributed by atoms with Crippen molar-refractivity contribution in [3.05, 3.63) is 108 Å². The van der Waals surface area contributed by atoms with Gasteiger partial charge in [-0.15, -0.1) is 0 Å². The molecule has 1 heterocycles. The molecule has 6 heteroatoms. The number of carbonyl (C=O) groups is 2. The van der Waals surface area contributed by atoms with E-state index in [1.165, 1.54) is 19.1 Å². The number of halogens is 1. The first-order valence-corrected chi connectivity index (χ1v) is 12.1. The molecule has 1 aromatic heterocycles. The summed E-state index contributed by atoms with van der Waals surface area (Å²) < 4.78 is 15.6. The molecule has 0 aliphatic carbocycles. The molecule has 2 N–H and O–H groups in total. The summed E-state index contributed by atoms with van der Waals surface area (Å²) in [6.45, 7) is 3.53. The second-order valence-corrected chi connectivity index (χ2v) is 8.72. The van der Waals surface area contributed by atoms with Gasteiger partial charge in [0.1, 0.15) is 5.82 Å². The maximum atomic E-state index is 13.6. The lowest BCUT2D eigenvalue weighted by Crippen LogP contribution is -2.28. The molecule has 0 aliphatic heterocycles. The van der Waals surface area contributed by atoms with Gasteiger partial charge in [-0.25, -0.2) is 4.39 Å². The van der Waals surface area contributed by atoms with Gasteiger partial charge in [0.25, 0.3) is 0 Å². The van der Waals surface area contributed by atoms with E-state index in [0.29, 0.717) is 18.5 Å². The van der Waals surface area contributed by atoms with Gasteiger partial charge in [0, 0.05) is 30.4 Å². The van der Waals surface area contributed by atoms with Crippen molar-refractivity contribution < 1.29 is 14.0 Å². The summed E-state index contributed by atoms with van der Waals surface area (Å²) in [5, 5.41) is 5.93. The Hall–Kier alpha value is -4.19. The number of nitrogens with one attached hydrogen (secondary N) is 2. The molecular formula is C30H30FN3O2. The van der Waals surface area contributed by atoms with Crippen LogP contribution in [0.4, 0.5) is 10.1 Å². The molecule has 2 amide bonds. The fourth-order valence-electron chi connectivity index (χ4n) is 4.34. The zero-order chi connectivity index (χ0) is 25.5. The van der Waals surface area contributed by atoms with E-state index in [9.17, 15) is 14.0 Å². The largest absolute Gasteiger partial charge is 0.349 e. The Balaban J connectivity index is 1.58. The van der Waals surface area contributed by atoms with Crippen molar-refractivity contribution in [2.24, 2.45) is 0 Å².